The summed E-state index contributed by atoms with van der Waals surface area (Å²) >= 11 is 0. The fourth-order valence-electron chi connectivity index (χ4n) is 1.64. The Balaban J connectivity index is 1.82. The van der Waals surface area contributed by atoms with Gasteiger partial charge in [-0.1, -0.05) is 19.3 Å². The predicted molar refractivity (Wildman–Crippen MR) is 61.1 cm³/mol. The molecule has 0 radical (unpaired) electrons. The van der Waals surface area contributed by atoms with Gasteiger partial charge in [0.2, 0.25) is 5.91 Å². The standard InChI is InChI=1S/C12H21NO3/c14-11(8-7-10-5-6-10)13-9-3-1-2-4-12(15)16/h10H,1-9H2,(H,13,14)(H,15,16). The number of aliphatic carboxylic acids is 1. The zero-order valence-electron chi connectivity index (χ0n) is 9.71. The Hall–Kier alpha value is -1.06. The number of carbonyl (C=O) groups excluding carboxylic acids is 1. The molecule has 4 heteroatoms. The van der Waals surface area contributed by atoms with Crippen LogP contribution in [0.15, 0.2) is 0 Å². The Bertz CT molecular complexity index is 236. The molecule has 2 N–H and O–H groups in total. The summed E-state index contributed by atoms with van der Waals surface area (Å²) in [5, 5.41) is 11.3. The van der Waals surface area contributed by atoms with Crippen LogP contribution in [0, 0.1) is 5.92 Å². The molecule has 0 spiro atoms. The lowest BCUT2D eigenvalue weighted by Gasteiger charge is -2.04. The average molecular weight is 227 g/mol. The number of carbonyl (C=O) groups is 2. The molecule has 0 atom stereocenters. The van der Waals surface area contributed by atoms with Crippen molar-refractivity contribution >= 4 is 11.9 Å². The quantitative estimate of drug-likeness (QED) is 0.591. The third-order valence-corrected chi connectivity index (χ3v) is 2.87. The van der Waals surface area contributed by atoms with E-state index in [2.05, 4.69) is 5.32 Å². The smallest absolute Gasteiger partial charge is 0.303 e. The van der Waals surface area contributed by atoms with Crippen molar-refractivity contribution in [3.05, 3.63) is 0 Å². The first-order chi connectivity index (χ1) is 7.68. The second kappa shape index (κ2) is 7.25. The van der Waals surface area contributed by atoms with E-state index in [-0.39, 0.29) is 12.3 Å². The van der Waals surface area contributed by atoms with Crippen LogP contribution >= 0.6 is 0 Å². The molecule has 0 heterocycles. The highest BCUT2D eigenvalue weighted by Gasteiger charge is 2.21. The Morgan fingerprint density at radius 2 is 1.88 bits per heavy atom. The maximum Gasteiger partial charge on any atom is 0.303 e. The molecule has 0 aromatic rings. The Kier molecular flexibility index (Phi) is 5.90. The number of unbranched alkanes of at least 4 members (excludes halogenated alkanes) is 2. The summed E-state index contributed by atoms with van der Waals surface area (Å²) in [6.07, 6.45) is 6.95. The molecule has 1 rings (SSSR count). The first-order valence-corrected chi connectivity index (χ1v) is 6.17. The summed E-state index contributed by atoms with van der Waals surface area (Å²) in [6.45, 7) is 0.684. The second-order valence-electron chi connectivity index (χ2n) is 4.54. The molecule has 1 amide bonds. The maximum atomic E-state index is 11.3. The van der Waals surface area contributed by atoms with Crippen molar-refractivity contribution in [2.75, 3.05) is 6.54 Å². The fraction of sp³-hybridized carbons (Fsp3) is 0.833. The van der Waals surface area contributed by atoms with Gasteiger partial charge < -0.3 is 10.4 Å². The monoisotopic (exact) mass is 227 g/mol. The molecule has 0 saturated heterocycles. The van der Waals surface area contributed by atoms with Crippen molar-refractivity contribution in [1.29, 1.82) is 0 Å². The van der Waals surface area contributed by atoms with Crippen LogP contribution in [0.3, 0.4) is 0 Å². The van der Waals surface area contributed by atoms with Gasteiger partial charge in [0.15, 0.2) is 0 Å². The topological polar surface area (TPSA) is 66.4 Å². The number of nitrogens with one attached hydrogen (secondary N) is 1. The molecule has 92 valence electrons. The van der Waals surface area contributed by atoms with Gasteiger partial charge in [0, 0.05) is 19.4 Å². The van der Waals surface area contributed by atoms with Crippen molar-refractivity contribution < 1.29 is 14.7 Å². The second-order valence-corrected chi connectivity index (χ2v) is 4.54. The van der Waals surface area contributed by atoms with Gasteiger partial charge in [-0.2, -0.15) is 0 Å². The van der Waals surface area contributed by atoms with E-state index >= 15 is 0 Å². The summed E-state index contributed by atoms with van der Waals surface area (Å²) in [5.74, 6) is 0.208. The van der Waals surface area contributed by atoms with Crippen LogP contribution in [0.25, 0.3) is 0 Å². The lowest BCUT2D eigenvalue weighted by Crippen LogP contribution is -2.24. The largest absolute Gasteiger partial charge is 0.481 e. The predicted octanol–water partition coefficient (Wildman–Crippen LogP) is 1.94. The van der Waals surface area contributed by atoms with Crippen molar-refractivity contribution in [2.45, 2.75) is 51.4 Å². The Labute approximate surface area is 96.4 Å². The van der Waals surface area contributed by atoms with Crippen LogP contribution in [0.5, 0.6) is 0 Å². The first-order valence-electron chi connectivity index (χ1n) is 6.17. The number of carboxylic acids is 1. The number of hydrogen-bond donors (Lipinski definition) is 2. The van der Waals surface area contributed by atoms with E-state index in [1.54, 1.807) is 0 Å². The minimum atomic E-state index is -0.742. The average Bonchev–Trinajstić information content (AvgIpc) is 3.03. The molecule has 0 unspecified atom stereocenters. The van der Waals surface area contributed by atoms with Gasteiger partial charge >= 0.3 is 5.97 Å². The van der Waals surface area contributed by atoms with Crippen LogP contribution in [-0.4, -0.2) is 23.5 Å². The summed E-state index contributed by atoms with van der Waals surface area (Å²) in [7, 11) is 0. The highest BCUT2D eigenvalue weighted by atomic mass is 16.4. The van der Waals surface area contributed by atoms with Gasteiger partial charge in [0.25, 0.3) is 0 Å². The molecule has 4 nitrogen and oxygen atoms in total. The summed E-state index contributed by atoms with van der Waals surface area (Å²) in [5.41, 5.74) is 0. The van der Waals surface area contributed by atoms with Crippen LogP contribution < -0.4 is 5.32 Å². The zero-order chi connectivity index (χ0) is 11.8. The van der Waals surface area contributed by atoms with E-state index in [1.807, 2.05) is 0 Å². The highest BCUT2D eigenvalue weighted by Crippen LogP contribution is 2.33. The molecule has 1 aliphatic rings. The van der Waals surface area contributed by atoms with E-state index in [1.165, 1.54) is 12.8 Å². The molecule has 0 bridgehead atoms. The lowest BCUT2D eigenvalue weighted by atomic mass is 10.2. The van der Waals surface area contributed by atoms with Crippen molar-refractivity contribution in [1.82, 2.24) is 5.32 Å². The van der Waals surface area contributed by atoms with Crippen LogP contribution in [-0.2, 0) is 9.59 Å². The van der Waals surface area contributed by atoms with E-state index in [0.29, 0.717) is 19.4 Å². The number of hydrogen-bond acceptors (Lipinski definition) is 2. The van der Waals surface area contributed by atoms with Crippen molar-refractivity contribution in [2.24, 2.45) is 5.92 Å². The molecule has 1 fully saturated rings. The van der Waals surface area contributed by atoms with Crippen LogP contribution in [0.1, 0.15) is 51.4 Å². The normalized spacial score (nSPS) is 14.8. The molecular formula is C12H21NO3. The minimum Gasteiger partial charge on any atom is -0.481 e. The fourth-order valence-corrected chi connectivity index (χ4v) is 1.64. The number of rotatable bonds is 9. The third kappa shape index (κ3) is 7.26. The van der Waals surface area contributed by atoms with Gasteiger partial charge in [0.1, 0.15) is 0 Å². The maximum absolute atomic E-state index is 11.3. The van der Waals surface area contributed by atoms with Gasteiger partial charge in [-0.25, -0.2) is 0 Å². The zero-order valence-corrected chi connectivity index (χ0v) is 9.71. The Morgan fingerprint density at radius 1 is 1.12 bits per heavy atom. The summed E-state index contributed by atoms with van der Waals surface area (Å²) in [6, 6.07) is 0. The van der Waals surface area contributed by atoms with Gasteiger partial charge in [-0.3, -0.25) is 9.59 Å². The first kappa shape index (κ1) is 13.0. The van der Waals surface area contributed by atoms with Gasteiger partial charge in [-0.05, 0) is 25.2 Å². The molecule has 1 saturated carbocycles. The van der Waals surface area contributed by atoms with E-state index in [9.17, 15) is 9.59 Å². The van der Waals surface area contributed by atoms with E-state index in [0.717, 1.165) is 25.2 Å². The lowest BCUT2D eigenvalue weighted by molar-refractivity contribution is -0.137. The number of amides is 1. The Morgan fingerprint density at radius 3 is 2.50 bits per heavy atom. The van der Waals surface area contributed by atoms with Crippen LogP contribution in [0.2, 0.25) is 0 Å². The minimum absolute atomic E-state index is 0.144. The molecule has 16 heavy (non-hydrogen) atoms. The molecule has 1 aliphatic carbocycles. The van der Waals surface area contributed by atoms with E-state index in [4.69, 9.17) is 5.11 Å². The van der Waals surface area contributed by atoms with Gasteiger partial charge in [0.05, 0.1) is 0 Å². The summed E-state index contributed by atoms with van der Waals surface area (Å²) < 4.78 is 0. The van der Waals surface area contributed by atoms with Crippen molar-refractivity contribution in [3.63, 3.8) is 0 Å². The summed E-state index contributed by atoms with van der Waals surface area (Å²) in [4.78, 5) is 21.5. The van der Waals surface area contributed by atoms with Crippen molar-refractivity contribution in [3.8, 4) is 0 Å². The van der Waals surface area contributed by atoms with Crippen LogP contribution in [0.4, 0.5) is 0 Å². The number of carboxylic acid groups (broad SMARTS) is 1. The molecule has 0 aliphatic heterocycles. The molecular weight excluding hydrogens is 206 g/mol. The van der Waals surface area contributed by atoms with E-state index < -0.39 is 5.97 Å². The third-order valence-electron chi connectivity index (χ3n) is 2.87. The molecule has 0 aromatic carbocycles. The van der Waals surface area contributed by atoms with Gasteiger partial charge in [-0.15, -0.1) is 0 Å². The molecule has 0 aromatic heterocycles. The highest BCUT2D eigenvalue weighted by molar-refractivity contribution is 5.75. The SMILES string of the molecule is O=C(O)CCCCCNC(=O)CCC1CC1.